The maximum absolute atomic E-state index is 6.74. The van der Waals surface area contributed by atoms with Crippen LogP contribution < -0.4 is 10.6 Å². The summed E-state index contributed by atoms with van der Waals surface area (Å²) in [6.07, 6.45) is 7.52. The molecule has 5 heterocycles. The van der Waals surface area contributed by atoms with E-state index in [1.165, 1.54) is 11.8 Å². The molecule has 36 heavy (non-hydrogen) atoms. The molecule has 7 nitrogen and oxygen atoms in total. The van der Waals surface area contributed by atoms with Gasteiger partial charge in [0.1, 0.15) is 11.3 Å². The molecule has 2 aliphatic heterocycles. The van der Waals surface area contributed by atoms with Crippen LogP contribution in [0.4, 0.5) is 5.82 Å². The second-order valence-corrected chi connectivity index (χ2v) is 11.0. The molecule has 6 rings (SSSR count). The van der Waals surface area contributed by atoms with E-state index >= 15 is 0 Å². The van der Waals surface area contributed by atoms with Crippen molar-refractivity contribution in [1.29, 1.82) is 0 Å². The molecule has 0 unspecified atom stereocenters. The van der Waals surface area contributed by atoms with Crippen LogP contribution >= 0.6 is 23.4 Å². The van der Waals surface area contributed by atoms with E-state index < -0.39 is 0 Å². The fourth-order valence-corrected chi connectivity index (χ4v) is 6.35. The number of nitrogens with two attached hydrogens (primary N) is 1. The molecule has 9 heteroatoms. The van der Waals surface area contributed by atoms with Crippen LogP contribution in [0.15, 0.2) is 71.1 Å². The van der Waals surface area contributed by atoms with Gasteiger partial charge in [0.2, 0.25) is 0 Å². The fraction of sp³-hybridized carbons (Fsp3) is 0.333. The normalized spacial score (nSPS) is 21.4. The number of fused-ring (bicyclic) bond motifs is 1. The number of aromatic nitrogens is 4. The number of ether oxygens (including phenoxy) is 1. The van der Waals surface area contributed by atoms with Gasteiger partial charge in [-0.05, 0) is 55.8 Å². The first kappa shape index (κ1) is 23.6. The molecule has 0 bridgehead atoms. The van der Waals surface area contributed by atoms with Gasteiger partial charge in [0.15, 0.2) is 5.16 Å². The molecule has 2 aliphatic rings. The van der Waals surface area contributed by atoms with Crippen LogP contribution in [0.1, 0.15) is 19.8 Å². The lowest BCUT2D eigenvalue weighted by atomic mass is 9.73. The number of hydrogen-bond acceptors (Lipinski definition) is 8. The first-order chi connectivity index (χ1) is 17.5. The number of halogens is 1. The molecule has 3 aromatic heterocycles. The lowest BCUT2D eigenvalue weighted by Gasteiger charge is -2.41. The smallest absolute Gasteiger partial charge is 0.193 e. The molecule has 1 spiro atoms. The van der Waals surface area contributed by atoms with Gasteiger partial charge >= 0.3 is 0 Å². The van der Waals surface area contributed by atoms with E-state index in [1.807, 2.05) is 48.7 Å². The van der Waals surface area contributed by atoms with Gasteiger partial charge in [0, 0.05) is 53.0 Å². The van der Waals surface area contributed by atoms with Gasteiger partial charge in [-0.2, -0.15) is 0 Å². The SMILES string of the molecule is C[C@@H]1OCC2(CCN(c3ccc4nc(Sc5cccc(-c6cccnc6)c5Cl)ncc4n3)CC2)[C@@H]1N. The molecule has 0 radical (unpaired) electrons. The highest BCUT2D eigenvalue weighted by Crippen LogP contribution is 2.42. The largest absolute Gasteiger partial charge is 0.376 e. The Hall–Kier alpha value is -2.78. The topological polar surface area (TPSA) is 90.0 Å². The maximum Gasteiger partial charge on any atom is 0.193 e. The van der Waals surface area contributed by atoms with Gasteiger partial charge in [-0.25, -0.2) is 15.0 Å². The summed E-state index contributed by atoms with van der Waals surface area (Å²) in [5.74, 6) is 0.953. The van der Waals surface area contributed by atoms with E-state index in [2.05, 4.69) is 21.8 Å². The van der Waals surface area contributed by atoms with E-state index in [0.717, 1.165) is 65.4 Å². The molecule has 0 aliphatic carbocycles. The lowest BCUT2D eigenvalue weighted by Crippen LogP contribution is -2.50. The molecule has 2 atom stereocenters. The van der Waals surface area contributed by atoms with Crippen molar-refractivity contribution < 1.29 is 4.74 Å². The number of benzene rings is 1. The number of pyridine rings is 2. The average Bonchev–Trinajstić information content (AvgIpc) is 3.19. The summed E-state index contributed by atoms with van der Waals surface area (Å²) in [7, 11) is 0. The van der Waals surface area contributed by atoms with Gasteiger partial charge in [0.25, 0.3) is 0 Å². The fourth-order valence-electron chi connectivity index (χ4n) is 5.21. The number of hydrogen-bond donors (Lipinski definition) is 1. The first-order valence-electron chi connectivity index (χ1n) is 12.2. The Labute approximate surface area is 219 Å². The minimum absolute atomic E-state index is 0.0948. The van der Waals surface area contributed by atoms with E-state index in [1.54, 1.807) is 12.4 Å². The Morgan fingerprint density at radius 1 is 1.06 bits per heavy atom. The van der Waals surface area contributed by atoms with Gasteiger partial charge < -0.3 is 15.4 Å². The van der Waals surface area contributed by atoms with Crippen molar-refractivity contribution >= 4 is 40.2 Å². The standard InChI is InChI=1S/C27H27ClN6OS/c1-17-25(29)27(16-35-17)9-12-34(13-10-27)23-8-7-20-21(32-23)15-31-26(33-20)36-22-6-2-5-19(24(22)28)18-4-3-11-30-14-18/h2-8,11,14-15,17,25H,9-10,12-13,16,29H2,1H3/t17-,25+/m0/s1. The van der Waals surface area contributed by atoms with Crippen LogP contribution in [0.2, 0.25) is 5.02 Å². The summed E-state index contributed by atoms with van der Waals surface area (Å²) in [6.45, 7) is 4.68. The third kappa shape index (κ3) is 4.32. The van der Waals surface area contributed by atoms with Crippen molar-refractivity contribution in [2.75, 3.05) is 24.6 Å². The van der Waals surface area contributed by atoms with Crippen molar-refractivity contribution in [2.45, 2.75) is 42.0 Å². The minimum atomic E-state index is 0.0948. The highest BCUT2D eigenvalue weighted by molar-refractivity contribution is 7.99. The molecule has 1 aromatic carbocycles. The van der Waals surface area contributed by atoms with E-state index in [4.69, 9.17) is 32.0 Å². The van der Waals surface area contributed by atoms with Crippen molar-refractivity contribution in [2.24, 2.45) is 11.1 Å². The predicted octanol–water partition coefficient (Wildman–Crippen LogP) is 5.22. The number of piperidine rings is 1. The van der Waals surface area contributed by atoms with Crippen molar-refractivity contribution in [3.63, 3.8) is 0 Å². The highest BCUT2D eigenvalue weighted by atomic mass is 35.5. The molecule has 0 saturated carbocycles. The van der Waals surface area contributed by atoms with Crippen LogP contribution in [0.5, 0.6) is 0 Å². The summed E-state index contributed by atoms with van der Waals surface area (Å²) >= 11 is 8.19. The summed E-state index contributed by atoms with van der Waals surface area (Å²) in [6, 6.07) is 14.0. The third-order valence-electron chi connectivity index (χ3n) is 7.47. The van der Waals surface area contributed by atoms with Gasteiger partial charge in [0.05, 0.1) is 29.4 Å². The predicted molar refractivity (Wildman–Crippen MR) is 143 cm³/mol. The summed E-state index contributed by atoms with van der Waals surface area (Å²) in [5.41, 5.74) is 10.1. The zero-order valence-electron chi connectivity index (χ0n) is 20.0. The Morgan fingerprint density at radius 3 is 2.67 bits per heavy atom. The van der Waals surface area contributed by atoms with Crippen molar-refractivity contribution in [3.8, 4) is 11.1 Å². The summed E-state index contributed by atoms with van der Waals surface area (Å²) < 4.78 is 5.86. The Balaban J connectivity index is 1.19. The Morgan fingerprint density at radius 2 is 1.92 bits per heavy atom. The molecular weight excluding hydrogens is 492 g/mol. The summed E-state index contributed by atoms with van der Waals surface area (Å²) in [4.78, 5) is 21.6. The molecular formula is C27H27ClN6OS. The van der Waals surface area contributed by atoms with Crippen LogP contribution in [-0.4, -0.2) is 51.8 Å². The molecule has 2 saturated heterocycles. The molecule has 4 aromatic rings. The second kappa shape index (κ2) is 9.59. The van der Waals surface area contributed by atoms with Gasteiger partial charge in [-0.3, -0.25) is 4.98 Å². The average molecular weight is 519 g/mol. The van der Waals surface area contributed by atoms with Crippen LogP contribution in [-0.2, 0) is 4.74 Å². The van der Waals surface area contributed by atoms with Crippen molar-refractivity contribution in [1.82, 2.24) is 19.9 Å². The molecule has 2 fully saturated rings. The number of anilines is 1. The highest BCUT2D eigenvalue weighted by Gasteiger charge is 2.47. The number of rotatable bonds is 4. The maximum atomic E-state index is 6.74. The van der Waals surface area contributed by atoms with E-state index in [-0.39, 0.29) is 17.6 Å². The second-order valence-electron chi connectivity index (χ2n) is 9.58. The van der Waals surface area contributed by atoms with Crippen LogP contribution in [0, 0.1) is 5.41 Å². The summed E-state index contributed by atoms with van der Waals surface area (Å²) in [5, 5.41) is 1.30. The Bertz CT molecular complexity index is 1400. The monoisotopic (exact) mass is 518 g/mol. The lowest BCUT2D eigenvalue weighted by molar-refractivity contribution is 0.0974. The minimum Gasteiger partial charge on any atom is -0.376 e. The number of nitrogens with zero attached hydrogens (tertiary/aromatic N) is 5. The zero-order chi connectivity index (χ0) is 24.7. The Kier molecular flexibility index (Phi) is 6.29. The molecule has 0 amide bonds. The third-order valence-corrected chi connectivity index (χ3v) is 8.93. The molecule has 184 valence electrons. The van der Waals surface area contributed by atoms with Gasteiger partial charge in [-0.1, -0.05) is 29.8 Å². The van der Waals surface area contributed by atoms with E-state index in [0.29, 0.717) is 10.2 Å². The van der Waals surface area contributed by atoms with Gasteiger partial charge in [-0.15, -0.1) is 0 Å². The van der Waals surface area contributed by atoms with E-state index in [9.17, 15) is 0 Å². The molecule has 2 N–H and O–H groups in total. The zero-order valence-corrected chi connectivity index (χ0v) is 21.5. The van der Waals surface area contributed by atoms with Crippen molar-refractivity contribution in [3.05, 3.63) is 66.1 Å². The van der Waals surface area contributed by atoms with Crippen LogP contribution in [0.3, 0.4) is 0 Å². The first-order valence-corrected chi connectivity index (χ1v) is 13.3. The quantitative estimate of drug-likeness (QED) is 0.367. The van der Waals surface area contributed by atoms with Crippen LogP contribution in [0.25, 0.3) is 22.2 Å².